The van der Waals surface area contributed by atoms with Gasteiger partial charge < -0.3 is 15.5 Å². The lowest BCUT2D eigenvalue weighted by Gasteiger charge is -2.28. The predicted molar refractivity (Wildman–Crippen MR) is 120 cm³/mol. The Morgan fingerprint density at radius 3 is 1.97 bits per heavy atom. The van der Waals surface area contributed by atoms with E-state index in [1.807, 2.05) is 0 Å². The first-order chi connectivity index (χ1) is 15.7. The molecule has 5 N–H and O–H groups in total. The number of hydrogen-bond donors (Lipinski definition) is 4. The van der Waals surface area contributed by atoms with Crippen LogP contribution in [0.5, 0.6) is 0 Å². The Bertz CT molecular complexity index is 1210. The Hall–Kier alpha value is -2.57. The molecule has 0 aliphatic rings. The summed E-state index contributed by atoms with van der Waals surface area (Å²) in [6.45, 7) is -0.454. The van der Waals surface area contributed by atoms with Crippen molar-refractivity contribution >= 4 is 27.5 Å². The fourth-order valence-corrected chi connectivity index (χ4v) is 4.81. The molecule has 33 heavy (non-hydrogen) atoms. The maximum atomic E-state index is 15.4. The van der Waals surface area contributed by atoms with Crippen molar-refractivity contribution in [2.24, 2.45) is 5.14 Å². The van der Waals surface area contributed by atoms with Crippen LogP contribution in [-0.4, -0.2) is 31.0 Å². The first kappa shape index (κ1) is 25.1. The highest BCUT2D eigenvalue weighted by molar-refractivity contribution is 7.99. The number of rotatable bonds is 9. The molecule has 0 amide bonds. The molecule has 3 aromatic carbocycles. The number of anilines is 1. The number of aliphatic hydroxyl groups is 2. The van der Waals surface area contributed by atoms with E-state index < -0.39 is 61.7 Å². The van der Waals surface area contributed by atoms with Crippen LogP contribution in [-0.2, 0) is 10.0 Å². The lowest BCUT2D eigenvalue weighted by Crippen LogP contribution is -2.25. The van der Waals surface area contributed by atoms with Crippen molar-refractivity contribution in [3.63, 3.8) is 0 Å². The van der Waals surface area contributed by atoms with Crippen LogP contribution in [0.4, 0.5) is 18.9 Å². The van der Waals surface area contributed by atoms with Crippen molar-refractivity contribution in [1.29, 1.82) is 0 Å². The van der Waals surface area contributed by atoms with E-state index in [0.29, 0.717) is 22.9 Å². The molecule has 6 nitrogen and oxygen atoms in total. The Balaban J connectivity index is 2.22. The molecular formula is C22H21F3N2O4S2. The van der Waals surface area contributed by atoms with Gasteiger partial charge in [0.05, 0.1) is 23.2 Å². The van der Waals surface area contributed by atoms with Gasteiger partial charge in [0.1, 0.15) is 11.0 Å². The van der Waals surface area contributed by atoms with Gasteiger partial charge in [-0.15, -0.1) is 11.8 Å². The monoisotopic (exact) mass is 498 g/mol. The van der Waals surface area contributed by atoms with E-state index >= 15 is 4.39 Å². The normalized spacial score (nSPS) is 13.5. The summed E-state index contributed by atoms with van der Waals surface area (Å²) in [4.78, 5) is -2.22. The van der Waals surface area contributed by atoms with Gasteiger partial charge in [-0.25, -0.2) is 26.7 Å². The molecule has 0 spiro atoms. The largest absolute Gasteiger partial charge is 0.396 e. The molecule has 176 valence electrons. The van der Waals surface area contributed by atoms with Gasteiger partial charge in [-0.2, -0.15) is 0 Å². The second-order valence-corrected chi connectivity index (χ2v) is 9.58. The van der Waals surface area contributed by atoms with Crippen LogP contribution in [0.25, 0.3) is 0 Å². The Morgan fingerprint density at radius 1 is 0.909 bits per heavy atom. The molecule has 0 aliphatic heterocycles. The fraction of sp³-hybridized carbons (Fsp3) is 0.182. The molecule has 0 radical (unpaired) electrons. The molecule has 0 bridgehead atoms. The number of hydrogen-bond acceptors (Lipinski definition) is 6. The van der Waals surface area contributed by atoms with E-state index in [-0.39, 0.29) is 5.75 Å². The third-order valence-electron chi connectivity index (χ3n) is 4.77. The molecule has 0 saturated carbocycles. The molecule has 0 unspecified atom stereocenters. The Morgan fingerprint density at radius 2 is 1.45 bits per heavy atom. The molecule has 3 rings (SSSR count). The van der Waals surface area contributed by atoms with Crippen molar-refractivity contribution in [3.8, 4) is 0 Å². The van der Waals surface area contributed by atoms with E-state index in [4.69, 9.17) is 10.2 Å². The van der Waals surface area contributed by atoms with Gasteiger partial charge in [0.2, 0.25) is 10.0 Å². The average Bonchev–Trinajstić information content (AvgIpc) is 2.80. The minimum Gasteiger partial charge on any atom is -0.396 e. The van der Waals surface area contributed by atoms with Gasteiger partial charge in [0, 0.05) is 5.75 Å². The Labute approximate surface area is 193 Å². The molecule has 0 aliphatic carbocycles. The van der Waals surface area contributed by atoms with Crippen LogP contribution >= 0.6 is 11.8 Å². The van der Waals surface area contributed by atoms with Crippen molar-refractivity contribution in [3.05, 3.63) is 89.2 Å². The lowest BCUT2D eigenvalue weighted by molar-refractivity contribution is 0.154. The zero-order chi connectivity index (χ0) is 24.2. The first-order valence-electron chi connectivity index (χ1n) is 9.68. The lowest BCUT2D eigenvalue weighted by atomic mass is 9.95. The van der Waals surface area contributed by atoms with Crippen LogP contribution in [0.15, 0.2) is 70.5 Å². The highest BCUT2D eigenvalue weighted by Crippen LogP contribution is 2.41. The maximum Gasteiger partial charge on any atom is 0.243 e. The van der Waals surface area contributed by atoms with E-state index in [1.165, 1.54) is 0 Å². The SMILES string of the molecule is NS(=O)(=O)c1c(F)c(F)c(SCCO)c(F)c1N[C@@H](c1ccccc1)[C@H](O)c1ccccc1. The zero-order valence-corrected chi connectivity index (χ0v) is 18.7. The number of nitrogens with one attached hydrogen (secondary N) is 1. The average molecular weight is 499 g/mol. The highest BCUT2D eigenvalue weighted by atomic mass is 32.2. The van der Waals surface area contributed by atoms with Gasteiger partial charge in [-0.1, -0.05) is 60.7 Å². The highest BCUT2D eigenvalue weighted by Gasteiger charge is 2.34. The zero-order valence-electron chi connectivity index (χ0n) is 17.1. The second-order valence-electron chi connectivity index (χ2n) is 6.98. The summed E-state index contributed by atoms with van der Waals surface area (Å²) < 4.78 is 69.0. The van der Waals surface area contributed by atoms with Gasteiger partial charge in [-0.3, -0.25) is 0 Å². The summed E-state index contributed by atoms with van der Waals surface area (Å²) in [6.07, 6.45) is -1.33. The van der Waals surface area contributed by atoms with Crippen LogP contribution in [0, 0.1) is 17.5 Å². The van der Waals surface area contributed by atoms with Crippen molar-refractivity contribution < 1.29 is 31.8 Å². The van der Waals surface area contributed by atoms with Crippen LogP contribution in [0.1, 0.15) is 23.3 Å². The summed E-state index contributed by atoms with van der Waals surface area (Å²) in [7, 11) is -4.92. The minimum absolute atomic E-state index is 0.170. The topological polar surface area (TPSA) is 113 Å². The van der Waals surface area contributed by atoms with Crippen LogP contribution in [0.2, 0.25) is 0 Å². The summed E-state index contributed by atoms with van der Waals surface area (Å²) in [5.74, 6) is -5.17. The molecule has 0 aromatic heterocycles. The smallest absolute Gasteiger partial charge is 0.243 e. The molecule has 0 fully saturated rings. The van der Waals surface area contributed by atoms with E-state index in [0.717, 1.165) is 0 Å². The van der Waals surface area contributed by atoms with Gasteiger partial charge in [0.15, 0.2) is 17.5 Å². The summed E-state index contributed by atoms with van der Waals surface area (Å²) in [5.41, 5.74) is -0.0857. The molecule has 3 aromatic rings. The molecule has 2 atom stereocenters. The minimum atomic E-state index is -4.92. The van der Waals surface area contributed by atoms with Crippen molar-refractivity contribution in [1.82, 2.24) is 0 Å². The number of nitrogens with two attached hydrogens (primary N) is 1. The number of sulfonamides is 1. The third kappa shape index (κ3) is 5.50. The summed E-state index contributed by atoms with van der Waals surface area (Å²) in [6, 6.07) is 15.3. The second kappa shape index (κ2) is 10.6. The Kier molecular flexibility index (Phi) is 8.03. The van der Waals surface area contributed by atoms with Gasteiger partial charge >= 0.3 is 0 Å². The molecule has 0 heterocycles. The number of thioether (sulfide) groups is 1. The number of halogens is 3. The van der Waals surface area contributed by atoms with E-state index in [9.17, 15) is 22.3 Å². The van der Waals surface area contributed by atoms with Gasteiger partial charge in [-0.05, 0) is 11.1 Å². The summed E-state index contributed by atoms with van der Waals surface area (Å²) >= 11 is 0.471. The number of primary sulfonamides is 1. The maximum absolute atomic E-state index is 15.4. The number of benzene rings is 3. The van der Waals surface area contributed by atoms with Gasteiger partial charge in [0.25, 0.3) is 0 Å². The fourth-order valence-electron chi connectivity index (χ4n) is 3.29. The van der Waals surface area contributed by atoms with Crippen LogP contribution < -0.4 is 10.5 Å². The number of aliphatic hydroxyl groups excluding tert-OH is 2. The predicted octanol–water partition coefficient (Wildman–Crippen LogP) is 3.72. The summed E-state index contributed by atoms with van der Waals surface area (Å²) in [5, 5.41) is 27.7. The first-order valence-corrected chi connectivity index (χ1v) is 12.2. The molecule has 0 saturated heterocycles. The third-order valence-corrected chi connectivity index (χ3v) is 6.76. The quantitative estimate of drug-likeness (QED) is 0.264. The van der Waals surface area contributed by atoms with Crippen molar-refractivity contribution in [2.75, 3.05) is 17.7 Å². The van der Waals surface area contributed by atoms with E-state index in [2.05, 4.69) is 5.32 Å². The van der Waals surface area contributed by atoms with Crippen molar-refractivity contribution in [2.45, 2.75) is 21.9 Å². The molecular weight excluding hydrogens is 477 g/mol. The molecule has 11 heteroatoms. The van der Waals surface area contributed by atoms with E-state index in [1.54, 1.807) is 60.7 Å². The standard InChI is InChI=1S/C22H21F3N2O4S2/c23-15-16(24)22(33(26,30)31)19(17(25)21(15)32-12-11-28)27-18(13-7-3-1-4-8-13)20(29)14-9-5-2-6-10-14/h1-10,18,20,27-29H,11-12H2,(H2,26,30,31)/t18-,20+/m0/s1. The van der Waals surface area contributed by atoms with Crippen LogP contribution in [0.3, 0.4) is 0 Å².